The van der Waals surface area contributed by atoms with Crippen molar-refractivity contribution < 1.29 is 9.00 Å². The van der Waals surface area contributed by atoms with Gasteiger partial charge in [-0.05, 0) is 50.0 Å². The van der Waals surface area contributed by atoms with E-state index < -0.39 is 21.7 Å². The van der Waals surface area contributed by atoms with E-state index in [0.29, 0.717) is 39.1 Å². The molecule has 14 heteroatoms. The average Bonchev–Trinajstić information content (AvgIpc) is 3.39. The standard InChI is InChI=1S/C35H32N10O3S/c1-21(40-34(46)31-32(36)38-20-29(41-31)25-16-26(19-37-17-25)43-49(4,5)48)33-42-28-13-9-10-23(14-15-24-18-39-44(3)22(24)2)30(28)35(47)45(33)27-11-7-6-8-12-27/h6-13,16-21H,4H2,1-3,5H3,(H2,36,38)(H,40,46)(H,43,48). The number of aryl methyl sites for hydroxylation is 1. The van der Waals surface area contributed by atoms with Crippen LogP contribution in [0.25, 0.3) is 27.8 Å². The monoisotopic (exact) mass is 672 g/mol. The van der Waals surface area contributed by atoms with Gasteiger partial charge in [-0.1, -0.05) is 36.1 Å². The van der Waals surface area contributed by atoms with Gasteiger partial charge in [0.15, 0.2) is 11.5 Å². The summed E-state index contributed by atoms with van der Waals surface area (Å²) in [5.74, 6) is 9.43. The number of nitrogens with zero attached hydrogens (tertiary/aromatic N) is 7. The maximum absolute atomic E-state index is 14.3. The lowest BCUT2D eigenvalue weighted by atomic mass is 10.1. The van der Waals surface area contributed by atoms with Gasteiger partial charge in [-0.2, -0.15) is 5.10 Å². The molecule has 246 valence electrons. The van der Waals surface area contributed by atoms with Gasteiger partial charge in [0, 0.05) is 40.3 Å². The predicted octanol–water partition coefficient (Wildman–Crippen LogP) is 3.43. The topological polar surface area (TPSA) is 176 Å². The van der Waals surface area contributed by atoms with Crippen molar-refractivity contribution in [2.75, 3.05) is 16.7 Å². The highest BCUT2D eigenvalue weighted by molar-refractivity contribution is 8.00. The molecule has 0 aliphatic rings. The Morgan fingerprint density at radius 3 is 2.49 bits per heavy atom. The second kappa shape index (κ2) is 13.1. The zero-order valence-electron chi connectivity index (χ0n) is 27.1. The van der Waals surface area contributed by atoms with Crippen LogP contribution in [0.3, 0.4) is 0 Å². The molecule has 0 saturated heterocycles. The first-order chi connectivity index (χ1) is 23.4. The van der Waals surface area contributed by atoms with E-state index in [1.807, 2.05) is 32.2 Å². The Labute approximate surface area is 282 Å². The van der Waals surface area contributed by atoms with Crippen LogP contribution in [0.15, 0.2) is 84.2 Å². The molecule has 2 atom stereocenters. The van der Waals surface area contributed by atoms with Crippen molar-refractivity contribution in [1.82, 2.24) is 39.6 Å². The Bertz CT molecular complexity index is 2480. The van der Waals surface area contributed by atoms with Crippen molar-refractivity contribution >= 4 is 43.9 Å². The van der Waals surface area contributed by atoms with Crippen molar-refractivity contribution in [3.63, 3.8) is 0 Å². The van der Waals surface area contributed by atoms with E-state index in [9.17, 15) is 13.8 Å². The molecule has 2 unspecified atom stereocenters. The Kier molecular flexibility index (Phi) is 8.68. The van der Waals surface area contributed by atoms with Gasteiger partial charge in [-0.3, -0.25) is 23.8 Å². The number of nitrogens with one attached hydrogen (secondary N) is 2. The molecule has 4 heterocycles. The molecule has 0 spiro atoms. The maximum Gasteiger partial charge on any atom is 0.274 e. The molecule has 0 bridgehead atoms. The molecule has 0 radical (unpaired) electrons. The van der Waals surface area contributed by atoms with Gasteiger partial charge in [0.1, 0.15) is 5.82 Å². The lowest BCUT2D eigenvalue weighted by molar-refractivity contribution is 0.0933. The summed E-state index contributed by atoms with van der Waals surface area (Å²) >= 11 is 0. The number of rotatable bonds is 7. The van der Waals surface area contributed by atoms with Crippen LogP contribution in [0, 0.1) is 18.8 Å². The summed E-state index contributed by atoms with van der Waals surface area (Å²) in [6.45, 7) is 3.64. The largest absolute Gasteiger partial charge is 0.382 e. The molecular weight excluding hydrogens is 641 g/mol. The molecule has 0 fully saturated rings. The Morgan fingerprint density at radius 1 is 1.02 bits per heavy atom. The highest BCUT2D eigenvalue weighted by Gasteiger charge is 2.23. The highest BCUT2D eigenvalue weighted by Crippen LogP contribution is 2.23. The fourth-order valence-electron chi connectivity index (χ4n) is 5.14. The molecule has 0 aliphatic carbocycles. The van der Waals surface area contributed by atoms with E-state index in [0.717, 1.165) is 11.3 Å². The van der Waals surface area contributed by atoms with Crippen molar-refractivity contribution in [2.24, 2.45) is 7.05 Å². The minimum Gasteiger partial charge on any atom is -0.382 e. The van der Waals surface area contributed by atoms with Crippen LogP contribution >= 0.6 is 0 Å². The van der Waals surface area contributed by atoms with Crippen LogP contribution in [0.5, 0.6) is 0 Å². The van der Waals surface area contributed by atoms with Crippen molar-refractivity contribution in [1.29, 1.82) is 0 Å². The fourth-order valence-corrected chi connectivity index (χ4v) is 5.75. The van der Waals surface area contributed by atoms with E-state index in [1.165, 1.54) is 29.4 Å². The number of nitrogen functional groups attached to an aromatic ring is 1. The van der Waals surface area contributed by atoms with E-state index in [1.54, 1.807) is 54.2 Å². The second-order valence-corrected chi connectivity index (χ2v) is 13.6. The zero-order chi connectivity index (χ0) is 34.9. The second-order valence-electron chi connectivity index (χ2n) is 11.4. The average molecular weight is 673 g/mol. The van der Waals surface area contributed by atoms with Crippen LogP contribution in [-0.2, 0) is 16.8 Å². The first-order valence-electron chi connectivity index (χ1n) is 15.0. The van der Waals surface area contributed by atoms with Crippen molar-refractivity contribution in [2.45, 2.75) is 19.9 Å². The van der Waals surface area contributed by atoms with E-state index >= 15 is 0 Å². The predicted molar refractivity (Wildman–Crippen MR) is 192 cm³/mol. The van der Waals surface area contributed by atoms with Crippen molar-refractivity contribution in [3.05, 3.63) is 118 Å². The number of carbonyl (C=O) groups is 1. The number of hydrogen-bond donors (Lipinski definition) is 3. The smallest absolute Gasteiger partial charge is 0.274 e. The van der Waals surface area contributed by atoms with E-state index in [-0.39, 0.29) is 22.9 Å². The quantitative estimate of drug-likeness (QED) is 0.170. The molecule has 4 N–H and O–H groups in total. The number of anilines is 2. The van der Waals surface area contributed by atoms with Gasteiger partial charge in [-0.25, -0.2) is 19.2 Å². The first kappa shape index (κ1) is 32.6. The number of para-hydroxylation sites is 1. The number of hydrogen-bond acceptors (Lipinski definition) is 9. The molecule has 6 aromatic rings. The number of pyridine rings is 1. The molecule has 13 nitrogen and oxygen atoms in total. The van der Waals surface area contributed by atoms with Gasteiger partial charge >= 0.3 is 0 Å². The molecule has 6 rings (SSSR count). The number of amides is 1. The summed E-state index contributed by atoms with van der Waals surface area (Å²) in [5.41, 5.74) is 10.1. The maximum atomic E-state index is 14.3. The lowest BCUT2D eigenvalue weighted by Crippen LogP contribution is -2.34. The van der Waals surface area contributed by atoms with Gasteiger partial charge in [0.05, 0.1) is 63.9 Å². The first-order valence-corrected chi connectivity index (χ1v) is 17.1. The van der Waals surface area contributed by atoms with E-state index in [4.69, 9.17) is 10.7 Å². The van der Waals surface area contributed by atoms with Crippen LogP contribution in [0.2, 0.25) is 0 Å². The minimum atomic E-state index is -2.55. The van der Waals surface area contributed by atoms with Gasteiger partial charge in [0.2, 0.25) is 0 Å². The summed E-state index contributed by atoms with van der Waals surface area (Å²) in [5, 5.41) is 7.48. The SMILES string of the molecule is C=S(C)(=O)Nc1cncc(-c2cnc(N)c(C(=O)NC(C)c3nc4cccc(C#Cc5cnn(C)c5C)c4c(=O)n3-c3ccccc3)n2)c1. The molecule has 0 aliphatic heterocycles. The normalized spacial score (nSPS) is 12.8. The molecule has 2 aromatic carbocycles. The third-order valence-electron chi connectivity index (χ3n) is 7.62. The van der Waals surface area contributed by atoms with Crippen LogP contribution in [0.1, 0.15) is 46.1 Å². The highest BCUT2D eigenvalue weighted by atomic mass is 32.2. The molecule has 1 amide bonds. The van der Waals surface area contributed by atoms with E-state index in [2.05, 4.69) is 47.8 Å². The zero-order valence-corrected chi connectivity index (χ0v) is 27.9. The third-order valence-corrected chi connectivity index (χ3v) is 8.29. The molecule has 49 heavy (non-hydrogen) atoms. The van der Waals surface area contributed by atoms with Crippen molar-refractivity contribution in [3.8, 4) is 28.8 Å². The molecule has 4 aromatic heterocycles. The minimum absolute atomic E-state index is 0.0935. The summed E-state index contributed by atoms with van der Waals surface area (Å²) < 4.78 is 18.1. The van der Waals surface area contributed by atoms with Crippen LogP contribution in [0.4, 0.5) is 11.5 Å². The number of aromatic nitrogens is 7. The summed E-state index contributed by atoms with van der Waals surface area (Å²) in [6.07, 6.45) is 7.59. The van der Waals surface area contributed by atoms with Gasteiger partial charge in [-0.15, -0.1) is 0 Å². The Balaban J connectivity index is 1.39. The number of benzene rings is 2. The van der Waals surface area contributed by atoms with Crippen LogP contribution in [-0.4, -0.2) is 56.5 Å². The van der Waals surface area contributed by atoms with Gasteiger partial charge in [0.25, 0.3) is 11.5 Å². The fraction of sp³-hybridized carbons (Fsp3) is 0.143. The number of fused-ring (bicyclic) bond motifs is 1. The Morgan fingerprint density at radius 2 is 1.78 bits per heavy atom. The van der Waals surface area contributed by atoms with Crippen LogP contribution < -0.4 is 21.3 Å². The summed E-state index contributed by atoms with van der Waals surface area (Å²) in [7, 11) is -0.714. The number of nitrogens with two attached hydrogens (primary N) is 1. The molecular formula is C35H32N10O3S. The third kappa shape index (κ3) is 6.87. The van der Waals surface area contributed by atoms with Gasteiger partial charge < -0.3 is 15.8 Å². The summed E-state index contributed by atoms with van der Waals surface area (Å²) in [6, 6.07) is 15.2. The lowest BCUT2D eigenvalue weighted by Gasteiger charge is -2.20. The Hall–Kier alpha value is -6.33. The molecule has 0 saturated carbocycles. The summed E-state index contributed by atoms with van der Waals surface area (Å²) in [4.78, 5) is 45.7. The number of carbonyl (C=O) groups excluding carboxylic acids is 1.